The summed E-state index contributed by atoms with van der Waals surface area (Å²) in [5.41, 5.74) is 1.34. The Hall–Kier alpha value is -3.66. The largest absolute Gasteiger partial charge is 0.481 e. The van der Waals surface area contributed by atoms with Crippen molar-refractivity contribution in [2.75, 3.05) is 6.61 Å². The van der Waals surface area contributed by atoms with Gasteiger partial charge >= 0.3 is 12.1 Å². The van der Waals surface area contributed by atoms with Gasteiger partial charge in [-0.15, -0.1) is 5.10 Å². The van der Waals surface area contributed by atoms with Crippen LogP contribution in [0.2, 0.25) is 10.0 Å². The summed E-state index contributed by atoms with van der Waals surface area (Å²) in [7, 11) is 0. The SMILES string of the molecule is [C-]#[N+]c1ccc(CCOC(=O)NC(CC(=O)O)C(=O)Cn2nnnc2Sc2c(Cl)cccc2Cl)cc1. The number of Topliss-reactive ketones (excluding diaryl/α,β-unsaturated/α-hetero) is 1. The van der Waals surface area contributed by atoms with E-state index >= 15 is 0 Å². The van der Waals surface area contributed by atoms with Gasteiger partial charge in [0.2, 0.25) is 5.16 Å². The van der Waals surface area contributed by atoms with E-state index < -0.39 is 36.9 Å². The number of carbonyl (C=O) groups excluding carboxylic acids is 2. The Balaban J connectivity index is 1.60. The van der Waals surface area contributed by atoms with Gasteiger partial charge in [-0.25, -0.2) is 14.3 Å². The van der Waals surface area contributed by atoms with Crippen LogP contribution in [0.5, 0.6) is 0 Å². The highest BCUT2D eigenvalue weighted by molar-refractivity contribution is 7.99. The second kappa shape index (κ2) is 12.9. The summed E-state index contributed by atoms with van der Waals surface area (Å²) in [6.45, 7) is 6.53. The lowest BCUT2D eigenvalue weighted by Crippen LogP contribution is -2.44. The van der Waals surface area contributed by atoms with E-state index in [2.05, 4.69) is 25.7 Å². The van der Waals surface area contributed by atoms with Gasteiger partial charge in [0.25, 0.3) is 0 Å². The van der Waals surface area contributed by atoms with E-state index in [0.717, 1.165) is 22.0 Å². The molecule has 0 saturated heterocycles. The van der Waals surface area contributed by atoms with Crippen LogP contribution >= 0.6 is 35.0 Å². The highest BCUT2D eigenvalue weighted by Crippen LogP contribution is 2.37. The van der Waals surface area contributed by atoms with Crippen molar-refractivity contribution in [3.05, 3.63) is 69.5 Å². The second-order valence-electron chi connectivity index (χ2n) is 7.20. The van der Waals surface area contributed by atoms with Crippen molar-refractivity contribution in [3.63, 3.8) is 0 Å². The van der Waals surface area contributed by atoms with Gasteiger partial charge < -0.3 is 15.2 Å². The van der Waals surface area contributed by atoms with Crippen LogP contribution < -0.4 is 5.32 Å². The lowest BCUT2D eigenvalue weighted by atomic mass is 10.1. The number of rotatable bonds is 11. The summed E-state index contributed by atoms with van der Waals surface area (Å²) in [6, 6.07) is 10.3. The van der Waals surface area contributed by atoms with Gasteiger partial charge in [0.15, 0.2) is 11.5 Å². The summed E-state index contributed by atoms with van der Waals surface area (Å²) in [4.78, 5) is 40.1. The van der Waals surface area contributed by atoms with E-state index in [9.17, 15) is 19.5 Å². The molecule has 1 atom stereocenters. The van der Waals surface area contributed by atoms with E-state index in [4.69, 9.17) is 34.5 Å². The summed E-state index contributed by atoms with van der Waals surface area (Å²) < 4.78 is 6.25. The van der Waals surface area contributed by atoms with Crippen molar-refractivity contribution in [1.82, 2.24) is 25.5 Å². The molecule has 0 saturated carbocycles. The van der Waals surface area contributed by atoms with E-state index in [1.54, 1.807) is 42.5 Å². The first kappa shape index (κ1) is 26.9. The monoisotopic (exact) mass is 548 g/mol. The van der Waals surface area contributed by atoms with Gasteiger partial charge in [-0.05, 0) is 39.9 Å². The van der Waals surface area contributed by atoms with Crippen LogP contribution in [0.15, 0.2) is 52.5 Å². The van der Waals surface area contributed by atoms with Gasteiger partial charge in [0, 0.05) is 6.42 Å². The lowest BCUT2D eigenvalue weighted by Gasteiger charge is -2.16. The maximum Gasteiger partial charge on any atom is 0.407 e. The number of carbonyl (C=O) groups is 3. The molecule has 0 aliphatic rings. The van der Waals surface area contributed by atoms with Gasteiger partial charge in [0.05, 0.1) is 34.5 Å². The number of nitrogens with zero attached hydrogens (tertiary/aromatic N) is 5. The van der Waals surface area contributed by atoms with Crippen molar-refractivity contribution in [3.8, 4) is 0 Å². The van der Waals surface area contributed by atoms with E-state index in [0.29, 0.717) is 27.0 Å². The fourth-order valence-corrected chi connectivity index (χ4v) is 4.33. The number of carboxylic acid groups (broad SMARTS) is 1. The third-order valence-electron chi connectivity index (χ3n) is 4.67. The standard InChI is InChI=1S/C22H18Cl2N6O5S/c1-25-14-7-5-13(6-8-14)9-10-35-22(34)26-17(11-19(32)33)18(31)12-30-21(27-28-29-30)36-20-15(23)3-2-4-16(20)24/h2-8,17H,9-12H2,(H,26,34)(H,32,33). The maximum atomic E-state index is 12.8. The number of aliphatic carboxylic acids is 1. The first-order valence-corrected chi connectivity index (χ1v) is 11.9. The Morgan fingerprint density at radius 1 is 1.17 bits per heavy atom. The van der Waals surface area contributed by atoms with Crippen molar-refractivity contribution >= 4 is 58.5 Å². The molecule has 0 spiro atoms. The van der Waals surface area contributed by atoms with Gasteiger partial charge in [-0.1, -0.05) is 53.5 Å². The average Bonchev–Trinajstić information content (AvgIpc) is 3.27. The third kappa shape index (κ3) is 7.67. The third-order valence-corrected chi connectivity index (χ3v) is 6.64. The summed E-state index contributed by atoms with van der Waals surface area (Å²) in [6.07, 6.45) is -1.23. The Morgan fingerprint density at radius 2 is 1.86 bits per heavy atom. The molecule has 1 amide bonds. The molecule has 2 N–H and O–H groups in total. The summed E-state index contributed by atoms with van der Waals surface area (Å²) in [5.74, 6) is -1.94. The first-order valence-electron chi connectivity index (χ1n) is 10.3. The molecule has 1 unspecified atom stereocenters. The molecule has 3 aromatic rings. The molecule has 0 radical (unpaired) electrons. The molecular weight excluding hydrogens is 531 g/mol. The van der Waals surface area contributed by atoms with Crippen molar-refractivity contribution in [2.45, 2.75) is 35.5 Å². The number of ether oxygens (including phenoxy) is 1. The number of ketones is 1. The van der Waals surface area contributed by atoms with Gasteiger partial charge in [-0.2, -0.15) is 0 Å². The molecular formula is C22H18Cl2N6O5S. The summed E-state index contributed by atoms with van der Waals surface area (Å²) in [5, 5.41) is 23.6. The average molecular weight is 549 g/mol. The molecule has 36 heavy (non-hydrogen) atoms. The number of hydrogen-bond acceptors (Lipinski definition) is 8. The number of tetrazole rings is 1. The summed E-state index contributed by atoms with van der Waals surface area (Å²) >= 11 is 13.4. The van der Waals surface area contributed by atoms with Crippen molar-refractivity contribution in [2.24, 2.45) is 0 Å². The minimum Gasteiger partial charge on any atom is -0.481 e. The van der Waals surface area contributed by atoms with Crippen molar-refractivity contribution < 1.29 is 24.2 Å². The molecule has 186 valence electrons. The van der Waals surface area contributed by atoms with E-state index in [1.165, 1.54) is 0 Å². The highest BCUT2D eigenvalue weighted by Gasteiger charge is 2.26. The number of hydrogen-bond donors (Lipinski definition) is 2. The number of carboxylic acids is 1. The number of nitrogens with one attached hydrogen (secondary N) is 1. The second-order valence-corrected chi connectivity index (χ2v) is 8.99. The predicted molar refractivity (Wildman–Crippen MR) is 130 cm³/mol. The first-order chi connectivity index (χ1) is 17.3. The van der Waals surface area contributed by atoms with Crippen LogP contribution in [-0.4, -0.2) is 55.8 Å². The predicted octanol–water partition coefficient (Wildman–Crippen LogP) is 4.06. The molecule has 2 aromatic carbocycles. The molecule has 0 bridgehead atoms. The molecule has 0 fully saturated rings. The zero-order valence-electron chi connectivity index (χ0n) is 18.4. The van der Waals surface area contributed by atoms with Crippen LogP contribution in [-0.2, 0) is 27.3 Å². The molecule has 0 aliphatic heterocycles. The number of aromatic nitrogens is 4. The molecule has 14 heteroatoms. The Labute approximate surface area is 219 Å². The van der Waals surface area contributed by atoms with Gasteiger partial charge in [0.1, 0.15) is 12.6 Å². The topological polar surface area (TPSA) is 141 Å². The lowest BCUT2D eigenvalue weighted by molar-refractivity contribution is -0.139. The minimum atomic E-state index is -1.38. The normalized spacial score (nSPS) is 11.4. The van der Waals surface area contributed by atoms with Crippen LogP contribution in [0.25, 0.3) is 4.85 Å². The number of amides is 1. The molecule has 11 nitrogen and oxygen atoms in total. The van der Waals surface area contributed by atoms with Crippen LogP contribution in [0.4, 0.5) is 10.5 Å². The number of halogens is 2. The van der Waals surface area contributed by atoms with E-state index in [-0.39, 0.29) is 11.8 Å². The van der Waals surface area contributed by atoms with E-state index in [1.807, 2.05) is 0 Å². The zero-order chi connectivity index (χ0) is 26.1. The zero-order valence-corrected chi connectivity index (χ0v) is 20.8. The number of alkyl carbamates (subject to hydrolysis) is 1. The molecule has 1 aromatic heterocycles. The Kier molecular flexibility index (Phi) is 9.63. The molecule has 1 heterocycles. The van der Waals surface area contributed by atoms with Crippen molar-refractivity contribution in [1.29, 1.82) is 0 Å². The minimum absolute atomic E-state index is 0.0104. The van der Waals surface area contributed by atoms with Crippen LogP contribution in [0, 0.1) is 6.57 Å². The number of benzene rings is 2. The Bertz CT molecular complexity index is 1270. The smallest absolute Gasteiger partial charge is 0.407 e. The molecule has 0 aliphatic carbocycles. The fraction of sp³-hybridized carbons (Fsp3) is 0.227. The van der Waals surface area contributed by atoms with Gasteiger partial charge in [-0.3, -0.25) is 9.59 Å². The Morgan fingerprint density at radius 3 is 2.50 bits per heavy atom. The van der Waals surface area contributed by atoms with Crippen LogP contribution in [0.1, 0.15) is 12.0 Å². The maximum absolute atomic E-state index is 12.8. The molecule has 3 rings (SSSR count). The quantitative estimate of drug-likeness (QED) is 0.339. The fourth-order valence-electron chi connectivity index (χ4n) is 2.90. The van der Waals surface area contributed by atoms with Crippen LogP contribution in [0.3, 0.4) is 0 Å². The highest BCUT2D eigenvalue weighted by atomic mass is 35.5.